The Morgan fingerprint density at radius 3 is 2.40 bits per heavy atom. The van der Waals surface area contributed by atoms with E-state index in [0.29, 0.717) is 5.95 Å². The molecule has 0 unspecified atom stereocenters. The second kappa shape index (κ2) is 5.60. The van der Waals surface area contributed by atoms with Crippen LogP contribution in [-0.4, -0.2) is 40.5 Å². The molecule has 84 valence electrons. The zero-order valence-electron chi connectivity index (χ0n) is 9.69. The Morgan fingerprint density at radius 1 is 1.13 bits per heavy atom. The lowest BCUT2D eigenvalue weighted by Crippen LogP contribution is -2.15. The topological polar surface area (TPSA) is 67.9 Å². The number of hydrogen-bond acceptors (Lipinski definition) is 5. The van der Waals surface area contributed by atoms with Gasteiger partial charge in [-0.25, -0.2) is 4.98 Å². The molecule has 0 aliphatic carbocycles. The van der Waals surface area contributed by atoms with Crippen molar-refractivity contribution in [1.82, 2.24) is 19.9 Å². The molecule has 0 aliphatic heterocycles. The van der Waals surface area contributed by atoms with Crippen molar-refractivity contribution in [3.63, 3.8) is 0 Å². The minimum Gasteiger partial charge on any atom is -0.368 e. The SMILES string of the molecule is CCc1nc(N)nc(CCCN(C)C)n1. The summed E-state index contributed by atoms with van der Waals surface area (Å²) in [6, 6.07) is 0. The molecule has 5 nitrogen and oxygen atoms in total. The number of anilines is 1. The highest BCUT2D eigenvalue weighted by atomic mass is 15.1. The van der Waals surface area contributed by atoms with Crippen LogP contribution in [0, 0.1) is 0 Å². The van der Waals surface area contributed by atoms with E-state index >= 15 is 0 Å². The summed E-state index contributed by atoms with van der Waals surface area (Å²) in [6.07, 6.45) is 2.70. The third-order valence-electron chi connectivity index (χ3n) is 2.07. The van der Waals surface area contributed by atoms with E-state index in [0.717, 1.165) is 37.5 Å². The highest BCUT2D eigenvalue weighted by Gasteiger charge is 2.02. The van der Waals surface area contributed by atoms with Gasteiger partial charge in [0.05, 0.1) is 0 Å². The van der Waals surface area contributed by atoms with Crippen LogP contribution >= 0.6 is 0 Å². The van der Waals surface area contributed by atoms with Crippen LogP contribution in [0.25, 0.3) is 0 Å². The summed E-state index contributed by atoms with van der Waals surface area (Å²) in [7, 11) is 4.11. The minimum atomic E-state index is 0.335. The van der Waals surface area contributed by atoms with Gasteiger partial charge in [0.1, 0.15) is 11.6 Å². The molecule has 1 aromatic rings. The first-order valence-corrected chi connectivity index (χ1v) is 5.26. The fourth-order valence-electron chi connectivity index (χ4n) is 1.31. The van der Waals surface area contributed by atoms with Gasteiger partial charge >= 0.3 is 0 Å². The lowest BCUT2D eigenvalue weighted by Gasteiger charge is -2.08. The maximum Gasteiger partial charge on any atom is 0.223 e. The molecule has 0 saturated carbocycles. The molecule has 0 bridgehead atoms. The summed E-state index contributed by atoms with van der Waals surface area (Å²) in [5, 5.41) is 0. The summed E-state index contributed by atoms with van der Waals surface area (Å²) >= 11 is 0. The van der Waals surface area contributed by atoms with Gasteiger partial charge in [-0.2, -0.15) is 9.97 Å². The molecule has 0 aliphatic rings. The zero-order valence-corrected chi connectivity index (χ0v) is 9.69. The molecule has 0 amide bonds. The Labute approximate surface area is 90.7 Å². The van der Waals surface area contributed by atoms with Gasteiger partial charge in [-0.3, -0.25) is 0 Å². The summed E-state index contributed by atoms with van der Waals surface area (Å²) in [5.41, 5.74) is 5.59. The largest absolute Gasteiger partial charge is 0.368 e. The van der Waals surface area contributed by atoms with Gasteiger partial charge in [0.15, 0.2) is 0 Å². The first kappa shape index (κ1) is 11.8. The molecule has 2 N–H and O–H groups in total. The van der Waals surface area contributed by atoms with Crippen LogP contribution in [-0.2, 0) is 12.8 Å². The Morgan fingerprint density at radius 2 is 1.80 bits per heavy atom. The smallest absolute Gasteiger partial charge is 0.223 e. The van der Waals surface area contributed by atoms with E-state index in [1.165, 1.54) is 0 Å². The monoisotopic (exact) mass is 209 g/mol. The Balaban J connectivity index is 2.56. The predicted molar refractivity (Wildman–Crippen MR) is 60.5 cm³/mol. The average Bonchev–Trinajstić information content (AvgIpc) is 2.16. The first-order chi connectivity index (χ1) is 7.11. The quantitative estimate of drug-likeness (QED) is 0.765. The third-order valence-corrected chi connectivity index (χ3v) is 2.07. The van der Waals surface area contributed by atoms with Crippen molar-refractivity contribution in [3.8, 4) is 0 Å². The normalized spacial score (nSPS) is 10.9. The summed E-state index contributed by atoms with van der Waals surface area (Å²) < 4.78 is 0. The van der Waals surface area contributed by atoms with Crippen LogP contribution in [0.2, 0.25) is 0 Å². The van der Waals surface area contributed by atoms with E-state index in [-0.39, 0.29) is 0 Å². The highest BCUT2D eigenvalue weighted by molar-refractivity contribution is 5.15. The van der Waals surface area contributed by atoms with Crippen LogP contribution in [0.3, 0.4) is 0 Å². The van der Waals surface area contributed by atoms with Crippen LogP contribution in [0.4, 0.5) is 5.95 Å². The first-order valence-electron chi connectivity index (χ1n) is 5.26. The number of hydrogen-bond donors (Lipinski definition) is 1. The fraction of sp³-hybridized carbons (Fsp3) is 0.700. The van der Waals surface area contributed by atoms with Gasteiger partial charge in [0.2, 0.25) is 5.95 Å². The van der Waals surface area contributed by atoms with Gasteiger partial charge in [0.25, 0.3) is 0 Å². The molecular weight excluding hydrogens is 190 g/mol. The number of nitrogens with zero attached hydrogens (tertiary/aromatic N) is 4. The summed E-state index contributed by atoms with van der Waals surface area (Å²) in [5.74, 6) is 1.92. The van der Waals surface area contributed by atoms with E-state index in [4.69, 9.17) is 5.73 Å². The third kappa shape index (κ3) is 4.20. The van der Waals surface area contributed by atoms with E-state index in [9.17, 15) is 0 Å². The maximum atomic E-state index is 5.59. The fourth-order valence-corrected chi connectivity index (χ4v) is 1.31. The van der Waals surface area contributed by atoms with Gasteiger partial charge in [0, 0.05) is 12.8 Å². The van der Waals surface area contributed by atoms with E-state index in [1.807, 2.05) is 6.92 Å². The van der Waals surface area contributed by atoms with Crippen LogP contribution in [0.15, 0.2) is 0 Å². The Kier molecular flexibility index (Phi) is 4.42. The number of nitrogens with two attached hydrogens (primary N) is 1. The van der Waals surface area contributed by atoms with Crippen LogP contribution < -0.4 is 5.73 Å². The molecule has 0 fully saturated rings. The Bertz CT molecular complexity index is 311. The van der Waals surface area contributed by atoms with Crippen molar-refractivity contribution in [1.29, 1.82) is 0 Å². The summed E-state index contributed by atoms with van der Waals surface area (Å²) in [4.78, 5) is 14.6. The molecule has 0 atom stereocenters. The highest BCUT2D eigenvalue weighted by Crippen LogP contribution is 2.01. The molecule has 5 heteroatoms. The second-order valence-corrected chi connectivity index (χ2v) is 3.79. The van der Waals surface area contributed by atoms with Crippen molar-refractivity contribution in [2.24, 2.45) is 0 Å². The van der Waals surface area contributed by atoms with Gasteiger partial charge in [-0.1, -0.05) is 6.92 Å². The minimum absolute atomic E-state index is 0.335. The van der Waals surface area contributed by atoms with E-state index < -0.39 is 0 Å². The predicted octanol–water partition coefficient (Wildman–Crippen LogP) is 0.510. The van der Waals surface area contributed by atoms with Gasteiger partial charge in [-0.05, 0) is 27.1 Å². The molecule has 1 heterocycles. The van der Waals surface area contributed by atoms with Crippen LogP contribution in [0.5, 0.6) is 0 Å². The van der Waals surface area contributed by atoms with Crippen molar-refractivity contribution < 1.29 is 0 Å². The molecule has 0 aromatic carbocycles. The lowest BCUT2D eigenvalue weighted by molar-refractivity contribution is 0.398. The van der Waals surface area contributed by atoms with E-state index in [1.54, 1.807) is 0 Å². The molecule has 15 heavy (non-hydrogen) atoms. The van der Waals surface area contributed by atoms with Crippen molar-refractivity contribution in [3.05, 3.63) is 11.6 Å². The average molecular weight is 209 g/mol. The summed E-state index contributed by atoms with van der Waals surface area (Å²) in [6.45, 7) is 3.05. The second-order valence-electron chi connectivity index (χ2n) is 3.79. The molecule has 1 rings (SSSR count). The maximum absolute atomic E-state index is 5.59. The lowest BCUT2D eigenvalue weighted by atomic mass is 10.3. The number of aromatic nitrogens is 3. The molecular formula is C10H19N5. The number of rotatable bonds is 5. The van der Waals surface area contributed by atoms with Crippen LogP contribution in [0.1, 0.15) is 25.0 Å². The zero-order chi connectivity index (χ0) is 11.3. The molecule has 1 aromatic heterocycles. The van der Waals surface area contributed by atoms with Crippen molar-refractivity contribution in [2.75, 3.05) is 26.4 Å². The number of aryl methyl sites for hydroxylation is 2. The molecule has 0 saturated heterocycles. The number of nitrogen functional groups attached to an aromatic ring is 1. The van der Waals surface area contributed by atoms with Crippen molar-refractivity contribution >= 4 is 5.95 Å². The standard InChI is InChI=1S/C10H19N5/c1-4-8-12-9(14-10(11)13-8)6-5-7-15(2)3/h4-7H2,1-3H3,(H2,11,12,13,14). The van der Waals surface area contributed by atoms with Gasteiger partial charge in [-0.15, -0.1) is 0 Å². The molecule has 0 spiro atoms. The Hall–Kier alpha value is -1.23. The van der Waals surface area contributed by atoms with E-state index in [2.05, 4.69) is 33.9 Å². The van der Waals surface area contributed by atoms with Gasteiger partial charge < -0.3 is 10.6 Å². The van der Waals surface area contributed by atoms with Crippen molar-refractivity contribution in [2.45, 2.75) is 26.2 Å². The molecule has 0 radical (unpaired) electrons.